The van der Waals surface area contributed by atoms with Crippen molar-refractivity contribution in [1.82, 2.24) is 4.90 Å². The van der Waals surface area contributed by atoms with Crippen LogP contribution in [0.2, 0.25) is 5.02 Å². The van der Waals surface area contributed by atoms with E-state index in [1.165, 1.54) is 0 Å². The van der Waals surface area contributed by atoms with Crippen molar-refractivity contribution < 1.29 is 9.59 Å². The molecule has 1 heterocycles. The summed E-state index contributed by atoms with van der Waals surface area (Å²) in [5, 5.41) is 0.599. The fourth-order valence-electron chi connectivity index (χ4n) is 2.72. The normalized spacial score (nSPS) is 18.6. The number of carbonyl (C=O) groups is 2. The third-order valence-corrected chi connectivity index (χ3v) is 4.20. The Labute approximate surface area is 130 Å². The predicted molar refractivity (Wildman–Crippen MR) is 83.4 cm³/mol. The highest BCUT2D eigenvalue weighted by molar-refractivity contribution is 6.30. The van der Waals surface area contributed by atoms with Gasteiger partial charge in [-0.3, -0.25) is 9.59 Å². The molecule has 1 aromatic carbocycles. The lowest BCUT2D eigenvalue weighted by Crippen LogP contribution is -2.47. The Hall–Kier alpha value is -1.39. The molecule has 2 rings (SSSR count). The van der Waals surface area contributed by atoms with Crippen molar-refractivity contribution in [3.05, 3.63) is 34.9 Å². The number of nitrogens with two attached hydrogens (primary N) is 1. The number of amides is 1. The Morgan fingerprint density at radius 3 is 2.57 bits per heavy atom. The molecule has 21 heavy (non-hydrogen) atoms. The summed E-state index contributed by atoms with van der Waals surface area (Å²) in [7, 11) is 0. The summed E-state index contributed by atoms with van der Waals surface area (Å²) in [5.41, 5.74) is 6.32. The molecular weight excluding hydrogens is 288 g/mol. The molecule has 5 heteroatoms. The first-order valence-electron chi connectivity index (χ1n) is 7.40. The molecule has 1 aliphatic heterocycles. The van der Waals surface area contributed by atoms with Crippen LogP contribution in [0, 0.1) is 0 Å². The second-order valence-corrected chi connectivity index (χ2v) is 5.84. The standard InChI is InChI=1S/C16H21ClN2O2/c17-13-6-4-12(5-7-13)15(20)8-9-16(21)19-10-2-1-3-14(19)11-18/h4-7,14H,1-3,8-11,18H2. The SMILES string of the molecule is NCC1CCCCN1C(=O)CCC(=O)c1ccc(Cl)cc1. The van der Waals surface area contributed by atoms with E-state index in [0.717, 1.165) is 25.8 Å². The second-order valence-electron chi connectivity index (χ2n) is 5.40. The molecule has 2 N–H and O–H groups in total. The Morgan fingerprint density at radius 2 is 1.90 bits per heavy atom. The monoisotopic (exact) mass is 308 g/mol. The van der Waals surface area contributed by atoms with Gasteiger partial charge >= 0.3 is 0 Å². The van der Waals surface area contributed by atoms with Gasteiger partial charge in [0.05, 0.1) is 0 Å². The number of hydrogen-bond donors (Lipinski definition) is 1. The maximum absolute atomic E-state index is 12.3. The fourth-order valence-corrected chi connectivity index (χ4v) is 2.84. The lowest BCUT2D eigenvalue weighted by molar-refractivity contribution is -0.134. The number of likely N-dealkylation sites (tertiary alicyclic amines) is 1. The molecule has 114 valence electrons. The van der Waals surface area contributed by atoms with Crippen LogP contribution in [0.25, 0.3) is 0 Å². The van der Waals surface area contributed by atoms with Crippen molar-refractivity contribution in [2.75, 3.05) is 13.1 Å². The van der Waals surface area contributed by atoms with Crippen LogP contribution in [0.1, 0.15) is 42.5 Å². The van der Waals surface area contributed by atoms with Crippen LogP contribution in [-0.2, 0) is 4.79 Å². The third kappa shape index (κ3) is 4.29. The van der Waals surface area contributed by atoms with E-state index in [9.17, 15) is 9.59 Å². The van der Waals surface area contributed by atoms with Crippen LogP contribution >= 0.6 is 11.6 Å². The van der Waals surface area contributed by atoms with E-state index in [2.05, 4.69) is 0 Å². The molecule has 1 saturated heterocycles. The molecule has 1 aromatic rings. The summed E-state index contributed by atoms with van der Waals surface area (Å²) < 4.78 is 0. The Balaban J connectivity index is 1.88. The van der Waals surface area contributed by atoms with Crippen molar-refractivity contribution in [3.63, 3.8) is 0 Å². The molecule has 4 nitrogen and oxygen atoms in total. The fraction of sp³-hybridized carbons (Fsp3) is 0.500. The number of hydrogen-bond acceptors (Lipinski definition) is 3. The molecule has 1 amide bonds. The predicted octanol–water partition coefficient (Wildman–Crippen LogP) is 2.64. The van der Waals surface area contributed by atoms with Gasteiger partial charge < -0.3 is 10.6 Å². The average Bonchev–Trinajstić information content (AvgIpc) is 2.52. The second kappa shape index (κ2) is 7.57. The molecule has 0 bridgehead atoms. The summed E-state index contributed by atoms with van der Waals surface area (Å²) in [5.74, 6) is 0.00814. The zero-order valence-electron chi connectivity index (χ0n) is 12.1. The van der Waals surface area contributed by atoms with Gasteiger partial charge in [-0.2, -0.15) is 0 Å². The van der Waals surface area contributed by atoms with Crippen LogP contribution in [0.15, 0.2) is 24.3 Å². The number of carbonyl (C=O) groups excluding carboxylic acids is 2. The first-order valence-corrected chi connectivity index (χ1v) is 7.78. The van der Waals surface area contributed by atoms with Gasteiger partial charge in [-0.15, -0.1) is 0 Å². The van der Waals surface area contributed by atoms with E-state index in [1.54, 1.807) is 24.3 Å². The molecule has 0 aliphatic carbocycles. The molecule has 1 atom stereocenters. The number of Topliss-reactive ketones (excluding diaryl/α,β-unsaturated/α-hetero) is 1. The Kier molecular flexibility index (Phi) is 5.76. The molecule has 1 unspecified atom stereocenters. The minimum Gasteiger partial charge on any atom is -0.338 e. The summed E-state index contributed by atoms with van der Waals surface area (Å²) in [4.78, 5) is 26.2. The first kappa shape index (κ1) is 16.0. The highest BCUT2D eigenvalue weighted by Gasteiger charge is 2.25. The van der Waals surface area contributed by atoms with Crippen LogP contribution < -0.4 is 5.73 Å². The quantitative estimate of drug-likeness (QED) is 0.851. The van der Waals surface area contributed by atoms with Gasteiger partial charge in [-0.25, -0.2) is 0 Å². The van der Waals surface area contributed by atoms with Crippen LogP contribution in [0.4, 0.5) is 0 Å². The number of nitrogens with zero attached hydrogens (tertiary/aromatic N) is 1. The van der Waals surface area contributed by atoms with Gasteiger partial charge in [0.25, 0.3) is 0 Å². The van der Waals surface area contributed by atoms with Crippen molar-refractivity contribution in [3.8, 4) is 0 Å². The summed E-state index contributed by atoms with van der Waals surface area (Å²) in [6.45, 7) is 1.26. The minimum absolute atomic E-state index is 0.0266. The number of ketones is 1. The average molecular weight is 309 g/mol. The van der Waals surface area contributed by atoms with Gasteiger partial charge in [0.2, 0.25) is 5.91 Å². The zero-order chi connectivity index (χ0) is 15.2. The lowest BCUT2D eigenvalue weighted by atomic mass is 10.0. The molecule has 0 aromatic heterocycles. The summed E-state index contributed by atoms with van der Waals surface area (Å²) in [6.07, 6.45) is 3.59. The van der Waals surface area contributed by atoms with Crippen LogP contribution in [0.5, 0.6) is 0 Å². The topological polar surface area (TPSA) is 63.4 Å². The van der Waals surface area contributed by atoms with Crippen molar-refractivity contribution >= 4 is 23.3 Å². The van der Waals surface area contributed by atoms with Crippen LogP contribution in [-0.4, -0.2) is 35.7 Å². The molecule has 0 saturated carbocycles. The zero-order valence-corrected chi connectivity index (χ0v) is 12.8. The highest BCUT2D eigenvalue weighted by Crippen LogP contribution is 2.18. The van der Waals surface area contributed by atoms with Crippen LogP contribution in [0.3, 0.4) is 0 Å². The first-order chi connectivity index (χ1) is 10.1. The van der Waals surface area contributed by atoms with Gasteiger partial charge in [0.15, 0.2) is 5.78 Å². The molecule has 1 aliphatic rings. The number of halogens is 1. The van der Waals surface area contributed by atoms with Crippen molar-refractivity contribution in [2.45, 2.75) is 38.1 Å². The summed E-state index contributed by atoms with van der Waals surface area (Å²) >= 11 is 5.79. The van der Waals surface area contributed by atoms with Gasteiger partial charge in [-0.05, 0) is 43.5 Å². The minimum atomic E-state index is -0.0266. The van der Waals surface area contributed by atoms with Gasteiger partial charge in [0, 0.05) is 42.6 Å². The van der Waals surface area contributed by atoms with E-state index >= 15 is 0 Å². The third-order valence-electron chi connectivity index (χ3n) is 3.95. The highest BCUT2D eigenvalue weighted by atomic mass is 35.5. The Morgan fingerprint density at radius 1 is 1.19 bits per heavy atom. The lowest BCUT2D eigenvalue weighted by Gasteiger charge is -2.35. The largest absolute Gasteiger partial charge is 0.338 e. The van der Waals surface area contributed by atoms with E-state index in [1.807, 2.05) is 4.90 Å². The van der Waals surface area contributed by atoms with E-state index in [-0.39, 0.29) is 30.6 Å². The van der Waals surface area contributed by atoms with Crippen molar-refractivity contribution in [2.24, 2.45) is 5.73 Å². The van der Waals surface area contributed by atoms with Gasteiger partial charge in [0.1, 0.15) is 0 Å². The van der Waals surface area contributed by atoms with E-state index in [4.69, 9.17) is 17.3 Å². The Bertz CT molecular complexity index is 502. The number of rotatable bonds is 5. The summed E-state index contributed by atoms with van der Waals surface area (Å²) in [6, 6.07) is 6.89. The smallest absolute Gasteiger partial charge is 0.223 e. The van der Waals surface area contributed by atoms with E-state index in [0.29, 0.717) is 17.1 Å². The number of benzene rings is 1. The molecular formula is C16H21ClN2O2. The molecule has 0 spiro atoms. The number of piperidine rings is 1. The van der Waals surface area contributed by atoms with Gasteiger partial charge in [-0.1, -0.05) is 11.6 Å². The maximum atomic E-state index is 12.3. The molecule has 1 fully saturated rings. The maximum Gasteiger partial charge on any atom is 0.223 e. The van der Waals surface area contributed by atoms with Crippen molar-refractivity contribution in [1.29, 1.82) is 0 Å². The molecule has 0 radical (unpaired) electrons. The van der Waals surface area contributed by atoms with E-state index < -0.39 is 0 Å².